The molecule has 0 atom stereocenters. The lowest BCUT2D eigenvalue weighted by Crippen LogP contribution is -2.08. The van der Waals surface area contributed by atoms with Gasteiger partial charge in [0.05, 0.1) is 5.69 Å². The third-order valence-corrected chi connectivity index (χ3v) is 3.70. The third kappa shape index (κ3) is 4.62. The lowest BCUT2D eigenvalue weighted by Gasteiger charge is -2.05. The number of nitrogen functional groups attached to an aromatic ring is 1. The van der Waals surface area contributed by atoms with Crippen LogP contribution in [0.4, 0.5) is 11.4 Å². The molecule has 0 heterocycles. The maximum absolute atomic E-state index is 12.2. The summed E-state index contributed by atoms with van der Waals surface area (Å²) in [6, 6.07) is 24.5. The van der Waals surface area contributed by atoms with Crippen molar-refractivity contribution >= 4 is 23.4 Å². The second-order valence-electron chi connectivity index (χ2n) is 5.62. The van der Waals surface area contributed by atoms with Gasteiger partial charge < -0.3 is 11.1 Å². The van der Waals surface area contributed by atoms with Crippen LogP contribution in [0.1, 0.15) is 16.7 Å². The highest BCUT2D eigenvalue weighted by molar-refractivity contribution is 6.02. The summed E-state index contributed by atoms with van der Waals surface area (Å²) in [5, 5.41) is 2.87. The molecule has 1 amide bonds. The van der Waals surface area contributed by atoms with E-state index in [1.165, 1.54) is 6.08 Å². The molecular formula is C23H18N2O. The monoisotopic (exact) mass is 338 g/mol. The minimum atomic E-state index is -0.206. The van der Waals surface area contributed by atoms with E-state index in [-0.39, 0.29) is 5.91 Å². The molecule has 0 aliphatic heterocycles. The van der Waals surface area contributed by atoms with Gasteiger partial charge in [-0.05, 0) is 35.9 Å². The second kappa shape index (κ2) is 8.36. The fraction of sp³-hybridized carbons (Fsp3) is 0. The molecule has 3 heteroatoms. The Labute approximate surface area is 153 Å². The average Bonchev–Trinajstić information content (AvgIpc) is 2.68. The average molecular weight is 338 g/mol. The van der Waals surface area contributed by atoms with E-state index in [1.807, 2.05) is 78.9 Å². The van der Waals surface area contributed by atoms with Gasteiger partial charge in [-0.2, -0.15) is 0 Å². The number of hydrogen-bond acceptors (Lipinski definition) is 2. The fourth-order valence-electron chi connectivity index (χ4n) is 2.36. The molecule has 0 saturated heterocycles. The molecule has 0 fully saturated rings. The number of carbonyl (C=O) groups is 1. The first-order chi connectivity index (χ1) is 12.7. The van der Waals surface area contributed by atoms with Gasteiger partial charge in [-0.15, -0.1) is 0 Å². The number of carbonyl (C=O) groups excluding carboxylic acids is 1. The van der Waals surface area contributed by atoms with Gasteiger partial charge >= 0.3 is 0 Å². The third-order valence-electron chi connectivity index (χ3n) is 3.70. The van der Waals surface area contributed by atoms with Gasteiger partial charge in [0.15, 0.2) is 0 Å². The number of hydrogen-bond donors (Lipinski definition) is 2. The first-order valence-corrected chi connectivity index (χ1v) is 8.22. The zero-order chi connectivity index (χ0) is 18.2. The molecule has 3 N–H and O–H groups in total. The highest BCUT2D eigenvalue weighted by Crippen LogP contribution is 2.15. The van der Waals surface area contributed by atoms with Crippen molar-refractivity contribution in [2.75, 3.05) is 11.1 Å². The van der Waals surface area contributed by atoms with Crippen molar-refractivity contribution in [3.63, 3.8) is 0 Å². The Morgan fingerprint density at radius 2 is 1.42 bits per heavy atom. The van der Waals surface area contributed by atoms with E-state index in [4.69, 9.17) is 5.73 Å². The second-order valence-corrected chi connectivity index (χ2v) is 5.62. The number of anilines is 2. The van der Waals surface area contributed by atoms with Crippen LogP contribution < -0.4 is 11.1 Å². The Morgan fingerprint density at radius 1 is 0.808 bits per heavy atom. The maximum Gasteiger partial charge on any atom is 0.248 e. The molecule has 0 aromatic heterocycles. The first-order valence-electron chi connectivity index (χ1n) is 8.22. The van der Waals surface area contributed by atoms with Gasteiger partial charge in [0.25, 0.3) is 0 Å². The van der Waals surface area contributed by atoms with E-state index in [9.17, 15) is 4.79 Å². The molecular weight excluding hydrogens is 320 g/mol. The first kappa shape index (κ1) is 17.1. The Balaban J connectivity index is 1.77. The Hall–Kier alpha value is -3.77. The zero-order valence-corrected chi connectivity index (χ0v) is 14.1. The van der Waals surface area contributed by atoms with Crippen LogP contribution in [0.25, 0.3) is 6.08 Å². The lowest BCUT2D eigenvalue weighted by molar-refractivity contribution is -0.111. The number of nitrogens with two attached hydrogens (primary N) is 1. The van der Waals surface area contributed by atoms with Crippen molar-refractivity contribution in [3.8, 4) is 11.8 Å². The zero-order valence-electron chi connectivity index (χ0n) is 14.1. The molecule has 0 aliphatic rings. The standard InChI is InChI=1S/C23H18N2O/c24-21-12-6-4-10-19(21)15-16-20-11-5-7-13-22(20)25-23(26)17-14-18-8-2-1-3-9-18/h1-14,17H,24H2,(H,25,26)/b17-14+. The molecule has 0 radical (unpaired) electrons. The summed E-state index contributed by atoms with van der Waals surface area (Å²) < 4.78 is 0. The van der Waals surface area contributed by atoms with Crippen LogP contribution in [0, 0.1) is 11.8 Å². The van der Waals surface area contributed by atoms with Gasteiger partial charge in [-0.25, -0.2) is 0 Å². The molecule has 126 valence electrons. The minimum absolute atomic E-state index is 0.206. The molecule has 3 rings (SSSR count). The van der Waals surface area contributed by atoms with E-state index in [0.29, 0.717) is 11.4 Å². The molecule has 26 heavy (non-hydrogen) atoms. The summed E-state index contributed by atoms with van der Waals surface area (Å²) >= 11 is 0. The van der Waals surface area contributed by atoms with E-state index >= 15 is 0 Å². The van der Waals surface area contributed by atoms with Crippen LogP contribution in [0.3, 0.4) is 0 Å². The number of benzene rings is 3. The van der Waals surface area contributed by atoms with Crippen LogP contribution >= 0.6 is 0 Å². The van der Waals surface area contributed by atoms with Crippen molar-refractivity contribution in [1.29, 1.82) is 0 Å². The van der Waals surface area contributed by atoms with Gasteiger partial charge in [0.2, 0.25) is 5.91 Å². The molecule has 0 unspecified atom stereocenters. The summed E-state index contributed by atoms with van der Waals surface area (Å²) in [5.41, 5.74) is 9.68. The summed E-state index contributed by atoms with van der Waals surface area (Å²) in [5.74, 6) is 5.93. The quantitative estimate of drug-likeness (QED) is 0.424. The topological polar surface area (TPSA) is 55.1 Å². The van der Waals surface area contributed by atoms with Gasteiger partial charge in [-0.1, -0.05) is 66.4 Å². The lowest BCUT2D eigenvalue weighted by atomic mass is 10.1. The molecule has 0 aliphatic carbocycles. The van der Waals surface area contributed by atoms with Crippen molar-refractivity contribution in [2.24, 2.45) is 0 Å². The van der Waals surface area contributed by atoms with E-state index in [1.54, 1.807) is 6.08 Å². The Kier molecular flexibility index (Phi) is 5.49. The fourth-order valence-corrected chi connectivity index (χ4v) is 2.36. The minimum Gasteiger partial charge on any atom is -0.398 e. The van der Waals surface area contributed by atoms with Crippen LogP contribution in [0.2, 0.25) is 0 Å². The van der Waals surface area contributed by atoms with E-state index in [0.717, 1.165) is 16.7 Å². The van der Waals surface area contributed by atoms with Crippen LogP contribution in [-0.2, 0) is 4.79 Å². The smallest absolute Gasteiger partial charge is 0.248 e. The molecule has 0 spiro atoms. The van der Waals surface area contributed by atoms with Crippen molar-refractivity contribution in [3.05, 3.63) is 102 Å². The highest BCUT2D eigenvalue weighted by Gasteiger charge is 2.02. The SMILES string of the molecule is Nc1ccccc1C#Cc1ccccc1NC(=O)/C=C/c1ccccc1. The molecule has 3 aromatic rings. The summed E-state index contributed by atoms with van der Waals surface area (Å²) in [6.07, 6.45) is 3.28. The van der Waals surface area contributed by atoms with Gasteiger partial charge in [0.1, 0.15) is 0 Å². The molecule has 3 nitrogen and oxygen atoms in total. The molecule has 0 saturated carbocycles. The van der Waals surface area contributed by atoms with Crippen molar-refractivity contribution in [1.82, 2.24) is 0 Å². The predicted octanol–water partition coefficient (Wildman–Crippen LogP) is 4.32. The summed E-state index contributed by atoms with van der Waals surface area (Å²) in [4.78, 5) is 12.2. The Bertz CT molecular complexity index is 995. The van der Waals surface area contributed by atoms with Crippen LogP contribution in [-0.4, -0.2) is 5.91 Å². The summed E-state index contributed by atoms with van der Waals surface area (Å²) in [6.45, 7) is 0. The summed E-state index contributed by atoms with van der Waals surface area (Å²) in [7, 11) is 0. The molecule has 3 aromatic carbocycles. The number of nitrogens with one attached hydrogen (secondary N) is 1. The normalized spacial score (nSPS) is 10.2. The van der Waals surface area contributed by atoms with Crippen molar-refractivity contribution in [2.45, 2.75) is 0 Å². The van der Waals surface area contributed by atoms with E-state index in [2.05, 4.69) is 17.2 Å². The van der Waals surface area contributed by atoms with Crippen LogP contribution in [0.5, 0.6) is 0 Å². The molecule has 0 bridgehead atoms. The maximum atomic E-state index is 12.2. The number of para-hydroxylation sites is 2. The number of rotatable bonds is 3. The van der Waals surface area contributed by atoms with Gasteiger partial charge in [-0.3, -0.25) is 4.79 Å². The highest BCUT2D eigenvalue weighted by atomic mass is 16.1. The Morgan fingerprint density at radius 3 is 2.19 bits per heavy atom. The van der Waals surface area contributed by atoms with Crippen LogP contribution in [0.15, 0.2) is 84.9 Å². The van der Waals surface area contributed by atoms with Gasteiger partial charge in [0, 0.05) is 22.9 Å². The van der Waals surface area contributed by atoms with E-state index < -0.39 is 0 Å². The largest absolute Gasteiger partial charge is 0.398 e. The number of amides is 1. The predicted molar refractivity (Wildman–Crippen MR) is 107 cm³/mol. The van der Waals surface area contributed by atoms with Crippen molar-refractivity contribution < 1.29 is 4.79 Å².